The van der Waals surface area contributed by atoms with Crippen LogP contribution in [0.25, 0.3) is 6.08 Å². The highest BCUT2D eigenvalue weighted by Crippen LogP contribution is 2.40. The van der Waals surface area contributed by atoms with E-state index >= 15 is 0 Å². The minimum atomic E-state index is -2.55. The molecule has 0 spiro atoms. The molecule has 0 radical (unpaired) electrons. The van der Waals surface area contributed by atoms with Crippen molar-refractivity contribution in [3.63, 3.8) is 0 Å². The molecule has 0 amide bonds. The van der Waals surface area contributed by atoms with Crippen LogP contribution in [-0.4, -0.2) is 27.1 Å². The van der Waals surface area contributed by atoms with Gasteiger partial charge in [0.1, 0.15) is 5.75 Å². The van der Waals surface area contributed by atoms with Gasteiger partial charge < -0.3 is 14.3 Å². The second kappa shape index (κ2) is 6.46. The highest BCUT2D eigenvalue weighted by atomic mass is 28.4. The highest BCUT2D eigenvalue weighted by Gasteiger charge is 2.39. The number of aliphatic hydroxyl groups excluding tert-OH is 1. The molecule has 0 aliphatic carbocycles. The minimum Gasteiger partial charge on any atom is -0.541 e. The van der Waals surface area contributed by atoms with E-state index < -0.39 is 15.4 Å². The largest absolute Gasteiger partial charge is 0.541 e. The molecule has 0 saturated heterocycles. The predicted molar refractivity (Wildman–Crippen MR) is 86.9 cm³/mol. The Morgan fingerprint density at radius 1 is 1.30 bits per heavy atom. The van der Waals surface area contributed by atoms with E-state index in [9.17, 15) is 0 Å². The van der Waals surface area contributed by atoms with Crippen molar-refractivity contribution in [3.05, 3.63) is 29.8 Å². The van der Waals surface area contributed by atoms with E-state index in [4.69, 9.17) is 18.4 Å². The third-order valence-electron chi connectivity index (χ3n) is 3.66. The maximum Gasteiger partial charge on any atom is 0.250 e. The van der Waals surface area contributed by atoms with Crippen LogP contribution >= 0.6 is 0 Å². The number of benzene rings is 1. The first-order valence-electron chi connectivity index (χ1n) is 8.15. The number of hydrogen-bond acceptors (Lipinski definition) is 3. The van der Waals surface area contributed by atoms with Crippen LogP contribution in [0.1, 0.15) is 30.4 Å². The normalized spacial score (nSPS) is 15.6. The first kappa shape index (κ1) is 12.5. The summed E-state index contributed by atoms with van der Waals surface area (Å²) in [6.07, 6.45) is 3.27. The minimum absolute atomic E-state index is 0.0142. The highest BCUT2D eigenvalue weighted by molar-refractivity contribution is 6.74. The van der Waals surface area contributed by atoms with Crippen LogP contribution in [0.3, 0.4) is 0 Å². The van der Waals surface area contributed by atoms with Gasteiger partial charge in [0.15, 0.2) is 5.75 Å². The fourth-order valence-electron chi connectivity index (χ4n) is 1.41. The molecule has 0 aliphatic heterocycles. The zero-order valence-electron chi connectivity index (χ0n) is 15.9. The molecule has 3 nitrogen and oxygen atoms in total. The Balaban J connectivity index is 3.22. The van der Waals surface area contributed by atoms with Crippen molar-refractivity contribution in [2.75, 3.05) is 13.6 Å². The Morgan fingerprint density at radius 2 is 2.00 bits per heavy atom. The Kier molecular flexibility index (Phi) is 4.03. The van der Waals surface area contributed by atoms with Crippen molar-refractivity contribution >= 4 is 14.4 Å². The quantitative estimate of drug-likeness (QED) is 0.832. The van der Waals surface area contributed by atoms with E-state index in [-0.39, 0.29) is 17.4 Å². The van der Waals surface area contributed by atoms with Crippen molar-refractivity contribution in [2.45, 2.75) is 38.9 Å². The van der Waals surface area contributed by atoms with E-state index in [1.165, 1.54) is 0 Å². The maximum atomic E-state index is 8.85. The van der Waals surface area contributed by atoms with Crippen molar-refractivity contribution in [3.8, 4) is 11.5 Å². The zero-order valence-corrected chi connectivity index (χ0v) is 13.9. The smallest absolute Gasteiger partial charge is 0.250 e. The van der Waals surface area contributed by atoms with E-state index in [0.29, 0.717) is 5.75 Å². The van der Waals surface area contributed by atoms with E-state index in [0.717, 1.165) is 5.56 Å². The van der Waals surface area contributed by atoms with Gasteiger partial charge in [0.05, 0.1) is 17.8 Å². The summed E-state index contributed by atoms with van der Waals surface area (Å²) in [4.78, 5) is 0. The summed E-state index contributed by atoms with van der Waals surface area (Å²) in [5.41, 5.74) is 0.737. The lowest BCUT2D eigenvalue weighted by Crippen LogP contribution is -2.43. The van der Waals surface area contributed by atoms with Crippen molar-refractivity contribution in [2.24, 2.45) is 0 Å². The lowest BCUT2D eigenvalue weighted by Gasteiger charge is -2.36. The summed E-state index contributed by atoms with van der Waals surface area (Å²) in [6, 6.07) is 5.14. The first-order valence-corrected chi connectivity index (χ1v) is 9.56. The molecular weight excluding hydrogens is 268 g/mol. The van der Waals surface area contributed by atoms with Crippen molar-refractivity contribution in [1.29, 1.82) is 0 Å². The third kappa shape index (κ3) is 4.12. The summed E-state index contributed by atoms with van der Waals surface area (Å²) in [5, 5.41) is 8.84. The molecule has 0 aromatic heterocycles. The lowest BCUT2D eigenvalue weighted by atomic mass is 10.2. The molecule has 1 aromatic carbocycles. The Morgan fingerprint density at radius 3 is 2.55 bits per heavy atom. The Bertz CT molecular complexity index is 561. The molecule has 0 unspecified atom stereocenters. The van der Waals surface area contributed by atoms with Crippen LogP contribution in [-0.2, 0) is 0 Å². The van der Waals surface area contributed by atoms with Crippen molar-refractivity contribution in [1.82, 2.24) is 0 Å². The standard InChI is InChI=1S/C16H26O3Si/c1-16(2,3)20(5,6)19-14-10-9-13(8-7-11-17)12-15(14)18-4/h7-10,12,17H,11H2,1-6H3/b8-7+/i4D3. The average Bonchev–Trinajstić information content (AvgIpc) is 2.35. The molecule has 0 fully saturated rings. The molecule has 4 heteroatoms. The monoisotopic (exact) mass is 297 g/mol. The molecule has 0 atom stereocenters. The van der Waals surface area contributed by atoms with Gasteiger partial charge in [0, 0.05) is 0 Å². The van der Waals surface area contributed by atoms with Gasteiger partial charge in [0.25, 0.3) is 8.32 Å². The van der Waals surface area contributed by atoms with E-state index in [1.54, 1.807) is 30.4 Å². The third-order valence-corrected chi connectivity index (χ3v) is 8.01. The fourth-order valence-corrected chi connectivity index (χ4v) is 2.43. The van der Waals surface area contributed by atoms with E-state index in [2.05, 4.69) is 33.9 Å². The zero-order chi connectivity index (χ0) is 17.9. The second-order valence-electron chi connectivity index (χ2n) is 6.26. The summed E-state index contributed by atoms with van der Waals surface area (Å²) >= 11 is 0. The predicted octanol–water partition coefficient (Wildman–Crippen LogP) is 4.08. The molecule has 20 heavy (non-hydrogen) atoms. The number of ether oxygens (including phenoxy) is 1. The molecule has 0 heterocycles. The second-order valence-corrected chi connectivity index (χ2v) is 11.0. The van der Waals surface area contributed by atoms with Gasteiger partial charge >= 0.3 is 0 Å². The van der Waals surface area contributed by atoms with Crippen LogP contribution in [0.5, 0.6) is 11.5 Å². The molecular formula is C16H26O3Si. The average molecular weight is 297 g/mol. The summed E-state index contributed by atoms with van der Waals surface area (Å²) in [6.45, 7) is 10.4. The molecule has 0 aliphatic rings. The SMILES string of the molecule is [2H]C([2H])([2H])Oc1cc(/C=C/CO)ccc1O[Si](C)(C)C(C)(C)C. The van der Waals surface area contributed by atoms with Crippen LogP contribution in [0.2, 0.25) is 18.1 Å². The number of aliphatic hydroxyl groups is 1. The lowest BCUT2D eigenvalue weighted by molar-refractivity contribution is 0.343. The van der Waals surface area contributed by atoms with Gasteiger partial charge in [-0.15, -0.1) is 0 Å². The Labute approximate surface area is 127 Å². The molecule has 1 N–H and O–H groups in total. The summed E-state index contributed by atoms with van der Waals surface area (Å²) in [7, 11) is -4.67. The van der Waals surface area contributed by atoms with Crippen LogP contribution < -0.4 is 9.16 Å². The Hall–Kier alpha value is -1.26. The summed E-state index contributed by atoms with van der Waals surface area (Å²) < 4.78 is 33.3. The topological polar surface area (TPSA) is 38.7 Å². The first-order chi connectivity index (χ1) is 10.4. The molecule has 1 aromatic rings. The number of methoxy groups -OCH3 is 1. The van der Waals surface area contributed by atoms with Gasteiger partial charge in [-0.2, -0.15) is 0 Å². The molecule has 0 bridgehead atoms. The van der Waals surface area contributed by atoms with Gasteiger partial charge in [0.2, 0.25) is 0 Å². The van der Waals surface area contributed by atoms with Crippen LogP contribution in [0, 0.1) is 0 Å². The van der Waals surface area contributed by atoms with Gasteiger partial charge in [-0.1, -0.05) is 39.0 Å². The summed E-state index contributed by atoms with van der Waals surface area (Å²) in [5.74, 6) is 0.628. The van der Waals surface area contributed by atoms with Crippen LogP contribution in [0.15, 0.2) is 24.3 Å². The van der Waals surface area contributed by atoms with Crippen LogP contribution in [0.4, 0.5) is 0 Å². The maximum absolute atomic E-state index is 8.85. The van der Waals surface area contributed by atoms with Gasteiger partial charge in [-0.3, -0.25) is 0 Å². The van der Waals surface area contributed by atoms with E-state index in [1.807, 2.05) is 0 Å². The molecule has 0 saturated carbocycles. The molecule has 1 rings (SSSR count). The number of hydrogen-bond donors (Lipinski definition) is 1. The van der Waals surface area contributed by atoms with Gasteiger partial charge in [-0.05, 0) is 35.8 Å². The van der Waals surface area contributed by atoms with Gasteiger partial charge in [-0.25, -0.2) is 0 Å². The molecule has 112 valence electrons. The van der Waals surface area contributed by atoms with Crippen molar-refractivity contribution < 1.29 is 18.4 Å². The fraction of sp³-hybridized carbons (Fsp3) is 0.500. The number of rotatable bonds is 5.